The number of hydrazone groups is 1. The molecule has 2 N–H and O–H groups in total. The summed E-state index contributed by atoms with van der Waals surface area (Å²) in [5.41, 5.74) is 2.24. The molecule has 0 amide bonds. The Balaban J connectivity index is 1.82. The Labute approximate surface area is 177 Å². The van der Waals surface area contributed by atoms with Crippen LogP contribution < -0.4 is 15.4 Å². The van der Waals surface area contributed by atoms with E-state index in [1.54, 1.807) is 35.5 Å². The van der Waals surface area contributed by atoms with Crippen LogP contribution in [0.2, 0.25) is 5.02 Å². The molecule has 0 spiro atoms. The molecule has 2 aromatic carbocycles. The quantitative estimate of drug-likeness (QED) is 0.411. The van der Waals surface area contributed by atoms with Crippen molar-refractivity contribution in [3.63, 3.8) is 0 Å². The Morgan fingerprint density at radius 3 is 2.60 bits per heavy atom. The Morgan fingerprint density at radius 2 is 2.00 bits per heavy atom. The first-order valence-electron chi connectivity index (χ1n) is 9.14. The number of nitrogens with one attached hydrogen (secondary N) is 2. The number of anilines is 1. The standard InChI is InChI=1S/C20H19ClF2N6O/c1-2-25-17-11-29(28-18(17)13-3-5-14(21)6-4-13)20(26-12-24)27-15-7-9-16(10-8-15)30-19(22)23/h3-10,17,19,25H,2,11H2,1H3,(H,26,27). The first-order valence-corrected chi connectivity index (χ1v) is 9.52. The minimum Gasteiger partial charge on any atom is -0.435 e. The topological polar surface area (TPSA) is 85.0 Å². The van der Waals surface area contributed by atoms with Crippen LogP contribution >= 0.6 is 11.6 Å². The molecule has 0 fully saturated rings. The maximum absolute atomic E-state index is 12.3. The molecule has 0 aromatic heterocycles. The molecule has 0 radical (unpaired) electrons. The molecule has 1 heterocycles. The molecule has 10 heteroatoms. The highest BCUT2D eigenvalue weighted by molar-refractivity contribution is 6.30. The van der Waals surface area contributed by atoms with E-state index in [0.717, 1.165) is 17.8 Å². The fourth-order valence-electron chi connectivity index (χ4n) is 2.97. The van der Waals surface area contributed by atoms with Gasteiger partial charge in [0, 0.05) is 10.7 Å². The molecule has 156 valence electrons. The Kier molecular flexibility index (Phi) is 7.17. The second-order valence-corrected chi connectivity index (χ2v) is 6.68. The number of benzene rings is 2. The zero-order chi connectivity index (χ0) is 21.5. The van der Waals surface area contributed by atoms with E-state index in [4.69, 9.17) is 16.9 Å². The van der Waals surface area contributed by atoms with Crippen LogP contribution in [0.15, 0.2) is 58.6 Å². The van der Waals surface area contributed by atoms with Gasteiger partial charge in [-0.25, -0.2) is 5.01 Å². The highest BCUT2D eigenvalue weighted by Gasteiger charge is 2.30. The van der Waals surface area contributed by atoms with Crippen LogP contribution in [0, 0.1) is 11.5 Å². The lowest BCUT2D eigenvalue weighted by Crippen LogP contribution is -2.41. The van der Waals surface area contributed by atoms with Gasteiger partial charge in [-0.3, -0.25) is 0 Å². The number of hydrogen-bond acceptors (Lipinski definition) is 5. The molecule has 2 aromatic rings. The lowest BCUT2D eigenvalue weighted by Gasteiger charge is -2.18. The van der Waals surface area contributed by atoms with Crippen molar-refractivity contribution < 1.29 is 13.5 Å². The number of guanidine groups is 1. The summed E-state index contributed by atoms with van der Waals surface area (Å²) in [5, 5.41) is 22.3. The first kappa shape index (κ1) is 21.5. The van der Waals surface area contributed by atoms with Gasteiger partial charge in [-0.15, -0.1) is 4.99 Å². The van der Waals surface area contributed by atoms with Crippen LogP contribution in [0.3, 0.4) is 0 Å². The molecule has 1 unspecified atom stereocenters. The van der Waals surface area contributed by atoms with Crippen LogP contribution in [0.5, 0.6) is 5.75 Å². The fraction of sp³-hybridized carbons (Fsp3) is 0.250. The van der Waals surface area contributed by atoms with Gasteiger partial charge in [0.1, 0.15) is 5.75 Å². The van der Waals surface area contributed by atoms with Crippen LogP contribution in [-0.4, -0.2) is 42.4 Å². The van der Waals surface area contributed by atoms with Crippen molar-refractivity contribution in [1.29, 1.82) is 5.26 Å². The van der Waals surface area contributed by atoms with E-state index in [1.807, 2.05) is 19.1 Å². The largest absolute Gasteiger partial charge is 0.435 e. The third-order valence-corrected chi connectivity index (χ3v) is 4.49. The summed E-state index contributed by atoms with van der Waals surface area (Å²) in [4.78, 5) is 3.84. The first-order chi connectivity index (χ1) is 14.5. The second-order valence-electron chi connectivity index (χ2n) is 6.25. The highest BCUT2D eigenvalue weighted by atomic mass is 35.5. The summed E-state index contributed by atoms with van der Waals surface area (Å²) in [5.74, 6) is 0.248. The van der Waals surface area contributed by atoms with Gasteiger partial charge in [0.25, 0.3) is 0 Å². The monoisotopic (exact) mass is 432 g/mol. The summed E-state index contributed by atoms with van der Waals surface area (Å²) in [6, 6.07) is 13.1. The van der Waals surface area contributed by atoms with Gasteiger partial charge in [-0.1, -0.05) is 30.7 Å². The predicted octanol–water partition coefficient (Wildman–Crippen LogP) is 3.89. The van der Waals surface area contributed by atoms with E-state index < -0.39 is 6.61 Å². The van der Waals surface area contributed by atoms with Gasteiger partial charge in [0.05, 0.1) is 18.3 Å². The SMILES string of the molecule is CCNC1CN(/C(=N/C#N)Nc2ccc(OC(F)F)cc2)N=C1c1ccc(Cl)cc1. The number of alkyl halides is 2. The van der Waals surface area contributed by atoms with Gasteiger partial charge in [-0.2, -0.15) is 19.1 Å². The predicted molar refractivity (Wildman–Crippen MR) is 112 cm³/mol. The average molecular weight is 433 g/mol. The van der Waals surface area contributed by atoms with Gasteiger partial charge in [-0.05, 0) is 48.5 Å². The molecular weight excluding hydrogens is 414 g/mol. The fourth-order valence-corrected chi connectivity index (χ4v) is 3.09. The smallest absolute Gasteiger partial charge is 0.387 e. The van der Waals surface area contributed by atoms with E-state index in [9.17, 15) is 8.78 Å². The van der Waals surface area contributed by atoms with Gasteiger partial charge >= 0.3 is 6.61 Å². The number of halogens is 3. The highest BCUT2D eigenvalue weighted by Crippen LogP contribution is 2.21. The van der Waals surface area contributed by atoms with Crippen molar-refractivity contribution in [3.8, 4) is 11.9 Å². The molecule has 1 aliphatic rings. The molecular formula is C20H19ClF2N6O. The van der Waals surface area contributed by atoms with E-state index in [-0.39, 0.29) is 17.8 Å². The molecule has 30 heavy (non-hydrogen) atoms. The number of hydrogen-bond donors (Lipinski definition) is 2. The lowest BCUT2D eigenvalue weighted by molar-refractivity contribution is -0.0498. The zero-order valence-electron chi connectivity index (χ0n) is 16.0. The average Bonchev–Trinajstić information content (AvgIpc) is 3.13. The number of nitriles is 1. The number of nitrogens with zero attached hydrogens (tertiary/aromatic N) is 4. The normalized spacial score (nSPS) is 16.4. The van der Waals surface area contributed by atoms with Crippen molar-refractivity contribution >= 4 is 29.0 Å². The molecule has 0 saturated carbocycles. The van der Waals surface area contributed by atoms with E-state index in [2.05, 4.69) is 25.5 Å². The van der Waals surface area contributed by atoms with Crippen LogP contribution in [0.4, 0.5) is 14.5 Å². The Hall–Kier alpha value is -3.22. The molecule has 0 aliphatic carbocycles. The van der Waals surface area contributed by atoms with E-state index in [1.165, 1.54) is 12.1 Å². The molecule has 1 atom stereocenters. The van der Waals surface area contributed by atoms with Crippen LogP contribution in [-0.2, 0) is 0 Å². The zero-order valence-corrected chi connectivity index (χ0v) is 16.8. The Bertz CT molecular complexity index is 957. The summed E-state index contributed by atoms with van der Waals surface area (Å²) in [6.07, 6.45) is 1.76. The summed E-state index contributed by atoms with van der Waals surface area (Å²) >= 11 is 5.98. The van der Waals surface area contributed by atoms with Crippen LogP contribution in [0.25, 0.3) is 0 Å². The van der Waals surface area contributed by atoms with Crippen molar-refractivity contribution in [2.24, 2.45) is 10.1 Å². The lowest BCUT2D eigenvalue weighted by atomic mass is 10.0. The molecule has 7 nitrogen and oxygen atoms in total. The van der Waals surface area contributed by atoms with Gasteiger partial charge in [0.2, 0.25) is 12.2 Å². The summed E-state index contributed by atoms with van der Waals surface area (Å²) < 4.78 is 29.0. The molecule has 1 aliphatic heterocycles. The number of ether oxygens (including phenoxy) is 1. The van der Waals surface area contributed by atoms with Crippen molar-refractivity contribution in [3.05, 3.63) is 59.1 Å². The van der Waals surface area contributed by atoms with Gasteiger partial charge < -0.3 is 15.4 Å². The maximum atomic E-state index is 12.3. The molecule has 0 bridgehead atoms. The van der Waals surface area contributed by atoms with E-state index in [0.29, 0.717) is 17.3 Å². The number of likely N-dealkylation sites (N-methyl/N-ethyl adjacent to an activating group) is 1. The minimum absolute atomic E-state index is 0.0331. The third-order valence-electron chi connectivity index (χ3n) is 4.24. The van der Waals surface area contributed by atoms with E-state index >= 15 is 0 Å². The summed E-state index contributed by atoms with van der Waals surface area (Å²) in [6.45, 7) is 0.279. The number of rotatable bonds is 6. The Morgan fingerprint density at radius 1 is 1.30 bits per heavy atom. The van der Waals surface area contributed by atoms with Crippen molar-refractivity contribution in [2.45, 2.75) is 19.6 Å². The maximum Gasteiger partial charge on any atom is 0.387 e. The molecule has 0 saturated heterocycles. The van der Waals surface area contributed by atoms with Gasteiger partial charge in [0.15, 0.2) is 0 Å². The number of aliphatic imine (C=N–C) groups is 1. The minimum atomic E-state index is -2.90. The van der Waals surface area contributed by atoms with Crippen molar-refractivity contribution in [1.82, 2.24) is 10.3 Å². The van der Waals surface area contributed by atoms with Crippen LogP contribution in [0.1, 0.15) is 12.5 Å². The summed E-state index contributed by atoms with van der Waals surface area (Å²) in [7, 11) is 0. The second kappa shape index (κ2) is 10.0. The molecule has 3 rings (SSSR count). The van der Waals surface area contributed by atoms with Crippen molar-refractivity contribution in [2.75, 3.05) is 18.4 Å². The third kappa shape index (κ3) is 5.43.